The highest BCUT2D eigenvalue weighted by Gasteiger charge is 2.29. The Labute approximate surface area is 143 Å². The molecule has 126 valence electrons. The van der Waals surface area contributed by atoms with Crippen molar-refractivity contribution in [3.8, 4) is 5.75 Å². The first-order chi connectivity index (χ1) is 11.7. The van der Waals surface area contributed by atoms with Crippen LogP contribution < -0.4 is 15.4 Å². The molecule has 0 atom stereocenters. The molecule has 0 bridgehead atoms. The normalized spacial score (nSPS) is 19.4. The minimum absolute atomic E-state index is 0.109. The highest BCUT2D eigenvalue weighted by atomic mass is 16.5. The number of carbonyl (C=O) groups excluding carboxylic acids is 1. The van der Waals surface area contributed by atoms with Gasteiger partial charge in [0.25, 0.3) is 0 Å². The largest absolute Gasteiger partial charge is 0.497 e. The molecule has 2 aromatic rings. The number of benzene rings is 2. The summed E-state index contributed by atoms with van der Waals surface area (Å²) in [5.41, 5.74) is 2.27. The van der Waals surface area contributed by atoms with Gasteiger partial charge in [-0.15, -0.1) is 0 Å². The van der Waals surface area contributed by atoms with E-state index in [1.165, 1.54) is 5.56 Å². The summed E-state index contributed by atoms with van der Waals surface area (Å²) < 4.78 is 5.24. The quantitative estimate of drug-likeness (QED) is 0.823. The van der Waals surface area contributed by atoms with Crippen LogP contribution in [-0.2, 0) is 17.8 Å². The van der Waals surface area contributed by atoms with Crippen LogP contribution in [0.4, 0.5) is 0 Å². The van der Waals surface area contributed by atoms with Gasteiger partial charge >= 0.3 is 0 Å². The number of amides is 1. The van der Waals surface area contributed by atoms with Gasteiger partial charge in [-0.2, -0.15) is 0 Å². The molecule has 1 aliphatic rings. The number of carbonyl (C=O) groups is 1. The second-order valence-electron chi connectivity index (χ2n) is 6.33. The topological polar surface area (TPSA) is 50.4 Å². The Morgan fingerprint density at radius 3 is 2.54 bits per heavy atom. The van der Waals surface area contributed by atoms with E-state index in [2.05, 4.69) is 16.7 Å². The number of ether oxygens (including phenoxy) is 1. The first kappa shape index (κ1) is 16.5. The number of rotatable bonds is 7. The molecule has 1 aliphatic carbocycles. The van der Waals surface area contributed by atoms with Crippen molar-refractivity contribution < 1.29 is 9.53 Å². The lowest BCUT2D eigenvalue weighted by atomic mass is 9.86. The van der Waals surface area contributed by atoms with Crippen LogP contribution in [0.25, 0.3) is 0 Å². The van der Waals surface area contributed by atoms with Crippen molar-refractivity contribution in [3.63, 3.8) is 0 Å². The molecular weight excluding hydrogens is 300 g/mol. The Bertz CT molecular complexity index is 666. The van der Waals surface area contributed by atoms with Crippen molar-refractivity contribution in [1.29, 1.82) is 0 Å². The number of methoxy groups -OCH3 is 1. The third kappa shape index (κ3) is 4.59. The van der Waals surface area contributed by atoms with E-state index in [9.17, 15) is 4.79 Å². The molecule has 4 nitrogen and oxygen atoms in total. The van der Waals surface area contributed by atoms with Gasteiger partial charge in [0.05, 0.1) is 13.5 Å². The summed E-state index contributed by atoms with van der Waals surface area (Å²) in [5.74, 6) is 0.992. The van der Waals surface area contributed by atoms with E-state index in [1.54, 1.807) is 7.11 Å². The first-order valence-corrected chi connectivity index (χ1v) is 8.42. The lowest BCUT2D eigenvalue weighted by molar-refractivity contribution is -0.121. The highest BCUT2D eigenvalue weighted by molar-refractivity contribution is 5.78. The van der Waals surface area contributed by atoms with Gasteiger partial charge in [0.2, 0.25) is 5.91 Å². The Hall–Kier alpha value is -2.33. The maximum atomic E-state index is 12.0. The first-order valence-electron chi connectivity index (χ1n) is 8.42. The summed E-state index contributed by atoms with van der Waals surface area (Å²) in [4.78, 5) is 12.0. The monoisotopic (exact) mass is 324 g/mol. The van der Waals surface area contributed by atoms with E-state index < -0.39 is 0 Å². The fourth-order valence-corrected chi connectivity index (χ4v) is 3.01. The van der Waals surface area contributed by atoms with Crippen LogP contribution in [0.3, 0.4) is 0 Å². The van der Waals surface area contributed by atoms with Crippen LogP contribution in [-0.4, -0.2) is 25.1 Å². The summed E-state index contributed by atoms with van der Waals surface area (Å²) in [6.45, 7) is 0.826. The van der Waals surface area contributed by atoms with Crippen molar-refractivity contribution in [2.45, 2.75) is 37.9 Å². The molecule has 0 unspecified atom stereocenters. The molecule has 24 heavy (non-hydrogen) atoms. The van der Waals surface area contributed by atoms with Gasteiger partial charge in [0.15, 0.2) is 0 Å². The number of hydrogen-bond donors (Lipinski definition) is 2. The highest BCUT2D eigenvalue weighted by Crippen LogP contribution is 2.21. The standard InChI is InChI=1S/C20H24N2O2/c1-24-19-9-5-8-16(10-19)14-21-17-12-18(13-17)22-20(23)11-15-6-3-2-4-7-15/h2-10,17-18,21H,11-14H2,1H3,(H,22,23). The van der Waals surface area contributed by atoms with Gasteiger partial charge in [-0.1, -0.05) is 42.5 Å². The molecule has 0 aromatic heterocycles. The van der Waals surface area contributed by atoms with E-state index in [-0.39, 0.29) is 5.91 Å². The summed E-state index contributed by atoms with van der Waals surface area (Å²) in [6, 6.07) is 18.7. The molecular formula is C20H24N2O2. The lowest BCUT2D eigenvalue weighted by Crippen LogP contribution is -2.52. The maximum absolute atomic E-state index is 12.0. The minimum Gasteiger partial charge on any atom is -0.497 e. The SMILES string of the molecule is COc1cccc(CNC2CC(NC(=O)Cc3ccccc3)C2)c1. The van der Waals surface area contributed by atoms with Gasteiger partial charge in [-0.05, 0) is 36.1 Å². The van der Waals surface area contributed by atoms with Gasteiger partial charge in [-0.25, -0.2) is 0 Å². The zero-order chi connectivity index (χ0) is 16.8. The van der Waals surface area contributed by atoms with E-state index in [0.29, 0.717) is 18.5 Å². The fourth-order valence-electron chi connectivity index (χ4n) is 3.01. The second kappa shape index (κ2) is 7.97. The fraction of sp³-hybridized carbons (Fsp3) is 0.350. The van der Waals surface area contributed by atoms with Gasteiger partial charge in [0.1, 0.15) is 5.75 Å². The molecule has 2 N–H and O–H groups in total. The van der Waals surface area contributed by atoms with Gasteiger partial charge in [0, 0.05) is 18.6 Å². The van der Waals surface area contributed by atoms with Crippen LogP contribution >= 0.6 is 0 Å². The van der Waals surface area contributed by atoms with Gasteiger partial charge in [-0.3, -0.25) is 4.79 Å². The Kier molecular flexibility index (Phi) is 5.49. The van der Waals surface area contributed by atoms with E-state index in [4.69, 9.17) is 4.74 Å². The van der Waals surface area contributed by atoms with Crippen molar-refractivity contribution >= 4 is 5.91 Å². The summed E-state index contributed by atoms with van der Waals surface area (Å²) in [6.07, 6.45) is 2.44. The third-order valence-electron chi connectivity index (χ3n) is 4.44. The molecule has 0 aliphatic heterocycles. The van der Waals surface area contributed by atoms with E-state index in [1.807, 2.05) is 48.5 Å². The molecule has 1 amide bonds. The molecule has 0 radical (unpaired) electrons. The van der Waals surface area contributed by atoms with Crippen LogP contribution in [0, 0.1) is 0 Å². The lowest BCUT2D eigenvalue weighted by Gasteiger charge is -2.36. The molecule has 1 fully saturated rings. The predicted octanol–water partition coefficient (Wildman–Crippen LogP) is 2.67. The van der Waals surface area contributed by atoms with Crippen molar-refractivity contribution in [2.75, 3.05) is 7.11 Å². The zero-order valence-corrected chi connectivity index (χ0v) is 14.0. The Balaban J connectivity index is 1.36. The van der Waals surface area contributed by atoms with Crippen molar-refractivity contribution in [1.82, 2.24) is 10.6 Å². The Morgan fingerprint density at radius 1 is 1.04 bits per heavy atom. The van der Waals surface area contributed by atoms with Gasteiger partial charge < -0.3 is 15.4 Å². The van der Waals surface area contributed by atoms with Crippen LogP contribution in [0.15, 0.2) is 54.6 Å². The van der Waals surface area contributed by atoms with E-state index >= 15 is 0 Å². The average molecular weight is 324 g/mol. The summed E-state index contributed by atoms with van der Waals surface area (Å²) in [5, 5.41) is 6.65. The second-order valence-corrected chi connectivity index (χ2v) is 6.33. The zero-order valence-electron chi connectivity index (χ0n) is 14.0. The van der Waals surface area contributed by atoms with Crippen molar-refractivity contribution in [2.24, 2.45) is 0 Å². The number of hydrogen-bond acceptors (Lipinski definition) is 3. The average Bonchev–Trinajstić information content (AvgIpc) is 2.58. The molecule has 0 saturated heterocycles. The third-order valence-corrected chi connectivity index (χ3v) is 4.44. The molecule has 3 rings (SSSR count). The maximum Gasteiger partial charge on any atom is 0.224 e. The molecule has 0 heterocycles. The molecule has 2 aromatic carbocycles. The van der Waals surface area contributed by atoms with Crippen molar-refractivity contribution in [3.05, 3.63) is 65.7 Å². The molecule has 4 heteroatoms. The molecule has 0 spiro atoms. The number of nitrogens with one attached hydrogen (secondary N) is 2. The minimum atomic E-state index is 0.109. The predicted molar refractivity (Wildman–Crippen MR) is 94.9 cm³/mol. The van der Waals surface area contributed by atoms with Crippen LogP contribution in [0.5, 0.6) is 5.75 Å². The van der Waals surface area contributed by atoms with Crippen LogP contribution in [0.2, 0.25) is 0 Å². The smallest absolute Gasteiger partial charge is 0.224 e. The van der Waals surface area contributed by atoms with E-state index in [0.717, 1.165) is 30.7 Å². The summed E-state index contributed by atoms with van der Waals surface area (Å²) >= 11 is 0. The van der Waals surface area contributed by atoms with Crippen LogP contribution in [0.1, 0.15) is 24.0 Å². The summed E-state index contributed by atoms with van der Waals surface area (Å²) in [7, 11) is 1.68. The Morgan fingerprint density at radius 2 is 1.79 bits per heavy atom. The molecule has 1 saturated carbocycles.